The molecular formula is C18H22FN3O. The number of rotatable bonds is 5. The predicted molar refractivity (Wildman–Crippen MR) is 89.1 cm³/mol. The molecule has 0 amide bonds. The fraction of sp³-hybridized carbons (Fsp3) is 0.444. The number of halogens is 1. The van der Waals surface area contributed by atoms with Gasteiger partial charge in [0.05, 0.1) is 24.3 Å². The van der Waals surface area contributed by atoms with Crippen LogP contribution in [0.5, 0.6) is 5.88 Å². The van der Waals surface area contributed by atoms with Crippen molar-refractivity contribution in [1.82, 2.24) is 14.9 Å². The molecule has 3 rings (SSSR count). The summed E-state index contributed by atoms with van der Waals surface area (Å²) in [4.78, 5) is 10.9. The van der Waals surface area contributed by atoms with E-state index in [-0.39, 0.29) is 5.82 Å². The number of methoxy groups -OCH3 is 1. The second-order valence-corrected chi connectivity index (χ2v) is 5.97. The smallest absolute Gasteiger partial charge is 0.213 e. The van der Waals surface area contributed by atoms with Crippen LogP contribution < -0.4 is 4.74 Å². The number of hydrogen-bond donors (Lipinski definition) is 0. The molecule has 0 bridgehead atoms. The minimum absolute atomic E-state index is 0.292. The summed E-state index contributed by atoms with van der Waals surface area (Å²) in [6, 6.07) is 3.57. The lowest BCUT2D eigenvalue weighted by atomic mass is 9.97. The zero-order valence-electron chi connectivity index (χ0n) is 13.5. The summed E-state index contributed by atoms with van der Waals surface area (Å²) >= 11 is 0. The highest BCUT2D eigenvalue weighted by molar-refractivity contribution is 5.78. The topological polar surface area (TPSA) is 38.2 Å². The molecule has 1 fully saturated rings. The number of pyridine rings is 2. The van der Waals surface area contributed by atoms with Crippen molar-refractivity contribution in [2.75, 3.05) is 26.7 Å². The van der Waals surface area contributed by atoms with E-state index >= 15 is 0 Å². The maximum absolute atomic E-state index is 14.3. The molecule has 2 aromatic heterocycles. The van der Waals surface area contributed by atoms with Crippen LogP contribution in [0.4, 0.5) is 4.39 Å². The number of likely N-dealkylation sites (tertiary alicyclic amines) is 1. The Balaban J connectivity index is 1.76. The Labute approximate surface area is 136 Å². The molecule has 1 aliphatic heterocycles. The van der Waals surface area contributed by atoms with E-state index in [1.54, 1.807) is 13.2 Å². The first-order valence-electron chi connectivity index (χ1n) is 8.04. The van der Waals surface area contributed by atoms with E-state index in [0.29, 0.717) is 34.8 Å². The van der Waals surface area contributed by atoms with Crippen LogP contribution in [0.2, 0.25) is 0 Å². The molecule has 4 nitrogen and oxygen atoms in total. The van der Waals surface area contributed by atoms with Crippen molar-refractivity contribution in [3.8, 4) is 5.88 Å². The van der Waals surface area contributed by atoms with Gasteiger partial charge in [-0.25, -0.2) is 9.37 Å². The molecule has 5 heteroatoms. The molecule has 0 aliphatic carbocycles. The number of ether oxygens (including phenoxy) is 1. The Morgan fingerprint density at radius 1 is 1.39 bits per heavy atom. The molecule has 0 aromatic carbocycles. The van der Waals surface area contributed by atoms with Gasteiger partial charge < -0.3 is 9.64 Å². The van der Waals surface area contributed by atoms with Crippen molar-refractivity contribution in [3.05, 3.63) is 42.4 Å². The van der Waals surface area contributed by atoms with Crippen LogP contribution in [0.1, 0.15) is 18.4 Å². The molecule has 0 spiro atoms. The number of piperidine rings is 1. The maximum atomic E-state index is 14.3. The Kier molecular flexibility index (Phi) is 4.86. The molecule has 2 aromatic rings. The van der Waals surface area contributed by atoms with E-state index in [2.05, 4.69) is 21.4 Å². The summed E-state index contributed by atoms with van der Waals surface area (Å²) < 4.78 is 19.4. The maximum Gasteiger partial charge on any atom is 0.213 e. The second kappa shape index (κ2) is 7.04. The van der Waals surface area contributed by atoms with Gasteiger partial charge in [0.2, 0.25) is 5.88 Å². The summed E-state index contributed by atoms with van der Waals surface area (Å²) in [6.07, 6.45) is 6.23. The van der Waals surface area contributed by atoms with E-state index in [4.69, 9.17) is 4.74 Å². The van der Waals surface area contributed by atoms with Crippen LogP contribution in [0, 0.1) is 11.7 Å². The normalized spacial score (nSPS) is 16.6. The van der Waals surface area contributed by atoms with Crippen molar-refractivity contribution >= 4 is 11.0 Å². The van der Waals surface area contributed by atoms with Crippen LogP contribution in [0.3, 0.4) is 0 Å². The minimum Gasteiger partial charge on any atom is -0.481 e. The van der Waals surface area contributed by atoms with Gasteiger partial charge in [-0.05, 0) is 44.3 Å². The van der Waals surface area contributed by atoms with E-state index in [0.717, 1.165) is 32.5 Å². The predicted octanol–water partition coefficient (Wildman–Crippen LogP) is 3.22. The highest BCUT2D eigenvalue weighted by atomic mass is 19.1. The number of hydrogen-bond acceptors (Lipinski definition) is 4. The van der Waals surface area contributed by atoms with Crippen LogP contribution in [0.25, 0.3) is 11.0 Å². The molecule has 23 heavy (non-hydrogen) atoms. The molecule has 0 unspecified atom stereocenters. The molecule has 0 atom stereocenters. The van der Waals surface area contributed by atoms with Gasteiger partial charge in [0.25, 0.3) is 0 Å². The standard InChI is InChI=1S/C18H22FN3O/c1-3-13-6-9-22(10-7-13)11-8-14-15(19)12-20-16-4-5-17(23-2)21-18(14)16/h3-5,12-13H,1,6-11H2,2H3. The third-order valence-corrected chi connectivity index (χ3v) is 4.59. The Morgan fingerprint density at radius 3 is 2.87 bits per heavy atom. The lowest BCUT2D eigenvalue weighted by molar-refractivity contribution is 0.205. The molecule has 3 heterocycles. The molecule has 122 valence electrons. The first kappa shape index (κ1) is 15.9. The third-order valence-electron chi connectivity index (χ3n) is 4.59. The lowest BCUT2D eigenvalue weighted by Crippen LogP contribution is -2.34. The van der Waals surface area contributed by atoms with Crippen LogP contribution >= 0.6 is 0 Å². The quantitative estimate of drug-likeness (QED) is 0.794. The number of allylic oxidation sites excluding steroid dienone is 1. The molecule has 0 radical (unpaired) electrons. The average Bonchev–Trinajstić information content (AvgIpc) is 2.61. The molecule has 1 aliphatic rings. The average molecular weight is 315 g/mol. The monoisotopic (exact) mass is 315 g/mol. The Bertz CT molecular complexity index is 696. The van der Waals surface area contributed by atoms with Crippen molar-refractivity contribution in [2.45, 2.75) is 19.3 Å². The van der Waals surface area contributed by atoms with Gasteiger partial charge in [0.1, 0.15) is 5.82 Å². The van der Waals surface area contributed by atoms with E-state index in [9.17, 15) is 4.39 Å². The third kappa shape index (κ3) is 3.50. The summed E-state index contributed by atoms with van der Waals surface area (Å²) in [7, 11) is 1.56. The van der Waals surface area contributed by atoms with Crippen LogP contribution in [0.15, 0.2) is 31.0 Å². The SMILES string of the molecule is C=CC1CCN(CCc2c(F)cnc3ccc(OC)nc23)CC1. The molecule has 0 N–H and O–H groups in total. The number of aromatic nitrogens is 2. The van der Waals surface area contributed by atoms with Gasteiger partial charge in [-0.3, -0.25) is 4.98 Å². The van der Waals surface area contributed by atoms with Gasteiger partial charge in [0.15, 0.2) is 0 Å². The van der Waals surface area contributed by atoms with Crippen LogP contribution in [-0.4, -0.2) is 41.6 Å². The van der Waals surface area contributed by atoms with Crippen molar-refractivity contribution in [1.29, 1.82) is 0 Å². The largest absolute Gasteiger partial charge is 0.481 e. The van der Waals surface area contributed by atoms with Crippen molar-refractivity contribution < 1.29 is 9.13 Å². The lowest BCUT2D eigenvalue weighted by Gasteiger charge is -2.30. The fourth-order valence-corrected chi connectivity index (χ4v) is 3.11. The minimum atomic E-state index is -0.292. The fourth-order valence-electron chi connectivity index (χ4n) is 3.11. The molecular weight excluding hydrogens is 293 g/mol. The summed E-state index contributed by atoms with van der Waals surface area (Å²) in [5, 5.41) is 0. The van der Waals surface area contributed by atoms with Gasteiger partial charge >= 0.3 is 0 Å². The summed E-state index contributed by atoms with van der Waals surface area (Å²) in [5.41, 5.74) is 1.93. The summed E-state index contributed by atoms with van der Waals surface area (Å²) in [5.74, 6) is 0.813. The van der Waals surface area contributed by atoms with E-state index in [1.807, 2.05) is 12.1 Å². The molecule has 1 saturated heterocycles. The zero-order valence-corrected chi connectivity index (χ0v) is 13.5. The van der Waals surface area contributed by atoms with Crippen molar-refractivity contribution in [3.63, 3.8) is 0 Å². The molecule has 0 saturated carbocycles. The number of nitrogens with zero attached hydrogens (tertiary/aromatic N) is 3. The van der Waals surface area contributed by atoms with Crippen molar-refractivity contribution in [2.24, 2.45) is 5.92 Å². The highest BCUT2D eigenvalue weighted by Crippen LogP contribution is 2.23. The number of fused-ring (bicyclic) bond motifs is 1. The first-order valence-corrected chi connectivity index (χ1v) is 8.04. The zero-order chi connectivity index (χ0) is 16.2. The first-order chi connectivity index (χ1) is 11.2. The Morgan fingerprint density at radius 2 is 2.17 bits per heavy atom. The highest BCUT2D eigenvalue weighted by Gasteiger charge is 2.18. The van der Waals surface area contributed by atoms with Gasteiger partial charge in [-0.2, -0.15) is 0 Å². The van der Waals surface area contributed by atoms with Gasteiger partial charge in [-0.15, -0.1) is 6.58 Å². The van der Waals surface area contributed by atoms with Gasteiger partial charge in [0, 0.05) is 18.2 Å². The van der Waals surface area contributed by atoms with Gasteiger partial charge in [-0.1, -0.05) is 6.08 Å². The second-order valence-electron chi connectivity index (χ2n) is 5.97. The van der Waals surface area contributed by atoms with E-state index in [1.165, 1.54) is 6.20 Å². The summed E-state index contributed by atoms with van der Waals surface area (Å²) in [6.45, 7) is 6.78. The van der Waals surface area contributed by atoms with E-state index < -0.39 is 0 Å². The van der Waals surface area contributed by atoms with Crippen LogP contribution in [-0.2, 0) is 6.42 Å². The Hall–Kier alpha value is -2.01.